The third kappa shape index (κ3) is 1.88. The maximum absolute atomic E-state index is 13.6. The van der Waals surface area contributed by atoms with Gasteiger partial charge in [0.2, 0.25) is 0 Å². The summed E-state index contributed by atoms with van der Waals surface area (Å²) >= 11 is 0. The summed E-state index contributed by atoms with van der Waals surface area (Å²) < 4.78 is 13.6. The Morgan fingerprint density at radius 3 is 2.53 bits per heavy atom. The lowest BCUT2D eigenvalue weighted by Crippen LogP contribution is -2.46. The minimum atomic E-state index is -0.658. The number of nitrogens with zero attached hydrogens (tertiary/aromatic N) is 1. The van der Waals surface area contributed by atoms with Crippen LogP contribution in [0.3, 0.4) is 0 Å². The molecule has 3 heteroatoms. The van der Waals surface area contributed by atoms with Gasteiger partial charge < -0.3 is 5.32 Å². The van der Waals surface area contributed by atoms with Crippen molar-refractivity contribution in [2.24, 2.45) is 5.41 Å². The number of benzene rings is 1. The van der Waals surface area contributed by atoms with Gasteiger partial charge >= 0.3 is 0 Å². The van der Waals surface area contributed by atoms with Crippen LogP contribution in [0.25, 0.3) is 0 Å². The number of anilines is 1. The summed E-state index contributed by atoms with van der Waals surface area (Å²) in [6.45, 7) is 4.13. The predicted octanol–water partition coefficient (Wildman–Crippen LogP) is 3.71. The normalized spacial score (nSPS) is 26.5. The van der Waals surface area contributed by atoms with Crippen LogP contribution in [0.5, 0.6) is 0 Å². The van der Waals surface area contributed by atoms with Gasteiger partial charge in [0.15, 0.2) is 0 Å². The molecule has 0 saturated heterocycles. The molecule has 1 aliphatic rings. The molecule has 1 aromatic rings. The summed E-state index contributed by atoms with van der Waals surface area (Å²) in [5, 5.41) is 12.6. The van der Waals surface area contributed by atoms with Crippen LogP contribution >= 0.6 is 0 Å². The summed E-state index contributed by atoms with van der Waals surface area (Å²) in [4.78, 5) is 0. The smallest absolute Gasteiger partial charge is 0.146 e. The molecule has 1 unspecified atom stereocenters. The van der Waals surface area contributed by atoms with Gasteiger partial charge in [-0.25, -0.2) is 4.39 Å². The van der Waals surface area contributed by atoms with E-state index >= 15 is 0 Å². The molecule has 90 valence electrons. The van der Waals surface area contributed by atoms with E-state index in [1.807, 2.05) is 0 Å². The first-order valence-electron chi connectivity index (χ1n) is 5.95. The average Bonchev–Trinajstić information content (AvgIpc) is 2.58. The van der Waals surface area contributed by atoms with Crippen LogP contribution in [-0.4, -0.2) is 5.54 Å². The molecule has 2 rings (SSSR count). The monoisotopic (exact) mass is 232 g/mol. The lowest BCUT2D eigenvalue weighted by Gasteiger charge is -2.37. The van der Waals surface area contributed by atoms with Crippen molar-refractivity contribution in [2.75, 3.05) is 5.32 Å². The van der Waals surface area contributed by atoms with Crippen LogP contribution in [0.4, 0.5) is 10.1 Å². The maximum atomic E-state index is 13.6. The van der Waals surface area contributed by atoms with E-state index in [-0.39, 0.29) is 11.2 Å². The zero-order valence-corrected chi connectivity index (χ0v) is 10.3. The lowest BCUT2D eigenvalue weighted by atomic mass is 9.75. The Morgan fingerprint density at radius 2 is 2.00 bits per heavy atom. The van der Waals surface area contributed by atoms with Crippen molar-refractivity contribution in [1.29, 1.82) is 5.26 Å². The minimum Gasteiger partial charge on any atom is -0.365 e. The van der Waals surface area contributed by atoms with E-state index < -0.39 is 5.54 Å². The Labute approximate surface area is 101 Å². The highest BCUT2D eigenvalue weighted by atomic mass is 19.1. The zero-order chi connectivity index (χ0) is 12.5. The molecule has 1 atom stereocenters. The summed E-state index contributed by atoms with van der Waals surface area (Å²) in [6.07, 6.45) is 2.76. The van der Waals surface area contributed by atoms with Crippen molar-refractivity contribution in [3.63, 3.8) is 0 Å². The van der Waals surface area contributed by atoms with Gasteiger partial charge in [-0.05, 0) is 31.4 Å². The Bertz CT molecular complexity index is 462. The second kappa shape index (κ2) is 4.03. The number of rotatable bonds is 2. The topological polar surface area (TPSA) is 35.8 Å². The number of nitrogens with one attached hydrogen (secondary N) is 1. The van der Waals surface area contributed by atoms with E-state index in [9.17, 15) is 9.65 Å². The summed E-state index contributed by atoms with van der Waals surface area (Å²) in [5.74, 6) is -0.301. The second-order valence-corrected chi connectivity index (χ2v) is 5.36. The molecular weight excluding hydrogens is 215 g/mol. The fourth-order valence-electron chi connectivity index (χ4n) is 2.61. The predicted molar refractivity (Wildman–Crippen MR) is 66.0 cm³/mol. The van der Waals surface area contributed by atoms with Gasteiger partial charge in [0.25, 0.3) is 0 Å². The van der Waals surface area contributed by atoms with E-state index in [2.05, 4.69) is 25.2 Å². The number of para-hydroxylation sites is 1. The first-order chi connectivity index (χ1) is 8.01. The zero-order valence-electron chi connectivity index (χ0n) is 10.3. The van der Waals surface area contributed by atoms with E-state index in [0.717, 1.165) is 19.3 Å². The molecule has 0 aliphatic heterocycles. The third-order valence-electron chi connectivity index (χ3n) is 3.92. The summed E-state index contributed by atoms with van der Waals surface area (Å²) in [5.41, 5.74) is -0.372. The number of nitriles is 1. The molecule has 1 fully saturated rings. The molecule has 1 aromatic carbocycles. The summed E-state index contributed by atoms with van der Waals surface area (Å²) in [7, 11) is 0. The molecule has 1 saturated carbocycles. The average molecular weight is 232 g/mol. The molecular formula is C14H17FN2. The van der Waals surface area contributed by atoms with Gasteiger partial charge in [-0.2, -0.15) is 5.26 Å². The molecule has 0 bridgehead atoms. The first-order valence-corrected chi connectivity index (χ1v) is 5.95. The van der Waals surface area contributed by atoms with Crippen molar-refractivity contribution in [2.45, 2.75) is 38.6 Å². The Balaban J connectivity index is 2.34. The molecule has 0 spiro atoms. The molecule has 1 N–H and O–H groups in total. The van der Waals surface area contributed by atoms with Crippen LogP contribution in [0.15, 0.2) is 24.3 Å². The molecule has 0 radical (unpaired) electrons. The fraction of sp³-hybridized carbons (Fsp3) is 0.500. The minimum absolute atomic E-state index is 0.135. The van der Waals surface area contributed by atoms with Gasteiger partial charge in [0.1, 0.15) is 11.4 Å². The number of hydrogen-bond acceptors (Lipinski definition) is 2. The van der Waals surface area contributed by atoms with Crippen LogP contribution in [-0.2, 0) is 0 Å². The highest BCUT2D eigenvalue weighted by molar-refractivity contribution is 5.50. The van der Waals surface area contributed by atoms with Crippen molar-refractivity contribution in [1.82, 2.24) is 0 Å². The van der Waals surface area contributed by atoms with Crippen molar-refractivity contribution in [3.8, 4) is 6.07 Å². The van der Waals surface area contributed by atoms with Gasteiger partial charge in [-0.1, -0.05) is 26.0 Å². The molecule has 1 aliphatic carbocycles. The third-order valence-corrected chi connectivity index (χ3v) is 3.92. The lowest BCUT2D eigenvalue weighted by molar-refractivity contribution is 0.289. The van der Waals surface area contributed by atoms with Crippen LogP contribution in [0, 0.1) is 22.6 Å². The highest BCUT2D eigenvalue weighted by Crippen LogP contribution is 2.47. The van der Waals surface area contributed by atoms with E-state index in [4.69, 9.17) is 0 Å². The second-order valence-electron chi connectivity index (χ2n) is 5.36. The van der Waals surface area contributed by atoms with Crippen molar-refractivity contribution >= 4 is 5.69 Å². The molecule has 0 heterocycles. The molecule has 17 heavy (non-hydrogen) atoms. The van der Waals surface area contributed by atoms with Crippen molar-refractivity contribution < 1.29 is 4.39 Å². The summed E-state index contributed by atoms with van der Waals surface area (Å²) in [6, 6.07) is 8.89. The molecule has 0 amide bonds. The van der Waals surface area contributed by atoms with Crippen LogP contribution in [0.2, 0.25) is 0 Å². The van der Waals surface area contributed by atoms with Crippen molar-refractivity contribution in [3.05, 3.63) is 30.1 Å². The Kier molecular flexibility index (Phi) is 2.82. The number of hydrogen-bond donors (Lipinski definition) is 1. The Morgan fingerprint density at radius 1 is 1.29 bits per heavy atom. The van der Waals surface area contributed by atoms with E-state index in [0.29, 0.717) is 5.69 Å². The van der Waals surface area contributed by atoms with Gasteiger partial charge in [0, 0.05) is 5.41 Å². The fourth-order valence-corrected chi connectivity index (χ4v) is 2.61. The Hall–Kier alpha value is -1.56. The first kappa shape index (κ1) is 11.9. The molecule has 2 nitrogen and oxygen atoms in total. The molecule has 0 aromatic heterocycles. The van der Waals surface area contributed by atoms with Gasteiger partial charge in [-0.3, -0.25) is 0 Å². The van der Waals surface area contributed by atoms with Crippen LogP contribution < -0.4 is 5.32 Å². The number of halogens is 1. The van der Waals surface area contributed by atoms with E-state index in [1.165, 1.54) is 6.07 Å². The standard InChI is InChI=1S/C14H17FN2/c1-13(2)8-5-9-14(13,10-16)17-12-7-4-3-6-11(12)15/h3-4,6-7,17H,5,8-9H2,1-2H3. The van der Waals surface area contributed by atoms with Gasteiger partial charge in [0.05, 0.1) is 11.8 Å². The maximum Gasteiger partial charge on any atom is 0.146 e. The van der Waals surface area contributed by atoms with Gasteiger partial charge in [-0.15, -0.1) is 0 Å². The highest BCUT2D eigenvalue weighted by Gasteiger charge is 2.49. The van der Waals surface area contributed by atoms with Crippen LogP contribution in [0.1, 0.15) is 33.1 Å². The SMILES string of the molecule is CC1(C)CCCC1(C#N)Nc1ccccc1F. The van der Waals surface area contributed by atoms with E-state index in [1.54, 1.807) is 18.2 Å². The quantitative estimate of drug-likeness (QED) is 0.843. The largest absolute Gasteiger partial charge is 0.365 e.